The molecule has 1 N–H and O–H groups in total. The highest BCUT2D eigenvalue weighted by Crippen LogP contribution is 2.28. The van der Waals surface area contributed by atoms with Gasteiger partial charge >= 0.3 is 0 Å². The third-order valence-corrected chi connectivity index (χ3v) is 4.72. The summed E-state index contributed by atoms with van der Waals surface area (Å²) in [5.74, 6) is -0.322. The molecule has 0 radical (unpaired) electrons. The first-order chi connectivity index (χ1) is 13.1. The molecule has 2 aromatic carbocycles. The third kappa shape index (κ3) is 3.61. The summed E-state index contributed by atoms with van der Waals surface area (Å²) in [6.07, 6.45) is 4.87. The Bertz CT molecular complexity index is 994. The molecular weight excluding hydrogens is 367 g/mol. The maximum atomic E-state index is 13.2. The summed E-state index contributed by atoms with van der Waals surface area (Å²) in [5.41, 5.74) is 3.08. The highest BCUT2D eigenvalue weighted by Gasteiger charge is 2.23. The van der Waals surface area contributed by atoms with Crippen LogP contribution in [0.25, 0.3) is 0 Å². The van der Waals surface area contributed by atoms with Crippen molar-refractivity contribution in [3.8, 4) is 0 Å². The van der Waals surface area contributed by atoms with Crippen molar-refractivity contribution in [2.24, 2.45) is 0 Å². The fourth-order valence-electron chi connectivity index (χ4n) is 3.11. The number of carbonyl (C=O) groups excluding carboxylic acids is 1. The molecule has 0 aliphatic carbocycles. The van der Waals surface area contributed by atoms with Crippen molar-refractivity contribution in [3.05, 3.63) is 76.8 Å². The second-order valence-electron chi connectivity index (χ2n) is 6.24. The van der Waals surface area contributed by atoms with Crippen LogP contribution in [0.15, 0.2) is 54.9 Å². The number of rotatable bonds is 3. The summed E-state index contributed by atoms with van der Waals surface area (Å²) in [7, 11) is 0. The van der Waals surface area contributed by atoms with E-state index in [4.69, 9.17) is 11.6 Å². The van der Waals surface area contributed by atoms with Crippen LogP contribution in [0.5, 0.6) is 0 Å². The van der Waals surface area contributed by atoms with E-state index in [2.05, 4.69) is 15.3 Å². The average Bonchev–Trinajstić information content (AvgIpc) is 2.70. The Balaban J connectivity index is 1.52. The van der Waals surface area contributed by atoms with Crippen LogP contribution < -0.4 is 10.2 Å². The molecule has 0 bridgehead atoms. The maximum Gasteiger partial charge on any atom is 0.261 e. The van der Waals surface area contributed by atoms with Crippen molar-refractivity contribution >= 4 is 34.8 Å². The van der Waals surface area contributed by atoms with Crippen molar-refractivity contribution in [2.45, 2.75) is 12.8 Å². The van der Waals surface area contributed by atoms with Gasteiger partial charge in [0, 0.05) is 30.3 Å². The van der Waals surface area contributed by atoms with E-state index in [1.807, 2.05) is 24.3 Å². The Hall–Kier alpha value is -2.99. The first kappa shape index (κ1) is 17.4. The minimum Gasteiger partial charge on any atom is -0.324 e. The number of aromatic nitrogens is 2. The van der Waals surface area contributed by atoms with Gasteiger partial charge in [-0.25, -0.2) is 14.4 Å². The van der Waals surface area contributed by atoms with E-state index in [1.165, 1.54) is 36.2 Å². The van der Waals surface area contributed by atoms with Crippen LogP contribution in [0.3, 0.4) is 0 Å². The normalized spacial score (nSPS) is 13.2. The SMILES string of the molecule is O=C(c1cnc(Nc2ccc(F)c(Cl)c2)nc1)N1CCCc2ccccc21. The van der Waals surface area contributed by atoms with Gasteiger partial charge in [-0.2, -0.15) is 0 Å². The molecule has 5 nitrogen and oxygen atoms in total. The maximum absolute atomic E-state index is 13.2. The molecule has 2 heterocycles. The number of halogens is 2. The third-order valence-electron chi connectivity index (χ3n) is 4.43. The van der Waals surface area contributed by atoms with Gasteiger partial charge in [0.1, 0.15) is 5.82 Å². The van der Waals surface area contributed by atoms with Gasteiger partial charge < -0.3 is 10.2 Å². The van der Waals surface area contributed by atoms with Crippen molar-refractivity contribution in [2.75, 3.05) is 16.8 Å². The first-order valence-electron chi connectivity index (χ1n) is 8.56. The number of para-hydroxylation sites is 1. The van der Waals surface area contributed by atoms with Crippen LogP contribution in [0.4, 0.5) is 21.7 Å². The Morgan fingerprint density at radius 1 is 1.15 bits per heavy atom. The van der Waals surface area contributed by atoms with Crippen molar-refractivity contribution in [1.82, 2.24) is 9.97 Å². The minimum atomic E-state index is -0.495. The fourth-order valence-corrected chi connectivity index (χ4v) is 3.29. The molecule has 4 rings (SSSR count). The molecule has 0 fully saturated rings. The van der Waals surface area contributed by atoms with Gasteiger partial charge in [0.25, 0.3) is 5.91 Å². The molecule has 0 saturated heterocycles. The topological polar surface area (TPSA) is 58.1 Å². The number of nitrogens with zero attached hydrogens (tertiary/aromatic N) is 3. The highest BCUT2D eigenvalue weighted by atomic mass is 35.5. The second-order valence-corrected chi connectivity index (χ2v) is 6.65. The summed E-state index contributed by atoms with van der Waals surface area (Å²) in [6, 6.07) is 12.2. The Morgan fingerprint density at radius 3 is 2.70 bits per heavy atom. The number of benzene rings is 2. The molecule has 1 aliphatic heterocycles. The number of hydrogen-bond donors (Lipinski definition) is 1. The van der Waals surface area contributed by atoms with Gasteiger partial charge in [0.05, 0.1) is 10.6 Å². The zero-order chi connectivity index (χ0) is 18.8. The van der Waals surface area contributed by atoms with E-state index in [9.17, 15) is 9.18 Å². The number of hydrogen-bond acceptors (Lipinski definition) is 4. The van der Waals surface area contributed by atoms with Crippen LogP contribution in [0.1, 0.15) is 22.3 Å². The zero-order valence-electron chi connectivity index (χ0n) is 14.3. The summed E-state index contributed by atoms with van der Waals surface area (Å²) in [6.45, 7) is 0.671. The lowest BCUT2D eigenvalue weighted by Crippen LogP contribution is -2.35. The summed E-state index contributed by atoms with van der Waals surface area (Å²) in [5, 5.41) is 2.94. The molecule has 1 aliphatic rings. The molecule has 3 aromatic rings. The lowest BCUT2D eigenvalue weighted by Gasteiger charge is -2.29. The Labute approximate surface area is 160 Å². The number of aryl methyl sites for hydroxylation is 1. The molecular formula is C20H16ClFN4O. The lowest BCUT2D eigenvalue weighted by molar-refractivity contribution is 0.0984. The van der Waals surface area contributed by atoms with E-state index in [0.717, 1.165) is 18.5 Å². The number of amides is 1. The van der Waals surface area contributed by atoms with E-state index >= 15 is 0 Å². The number of fused-ring (bicyclic) bond motifs is 1. The summed E-state index contributed by atoms with van der Waals surface area (Å²) in [4.78, 5) is 23.0. The number of anilines is 3. The molecule has 7 heteroatoms. The van der Waals surface area contributed by atoms with Gasteiger partial charge in [-0.15, -0.1) is 0 Å². The van der Waals surface area contributed by atoms with Crippen LogP contribution in [-0.4, -0.2) is 22.4 Å². The monoisotopic (exact) mass is 382 g/mol. The molecule has 1 amide bonds. The molecule has 1 aromatic heterocycles. The van der Waals surface area contributed by atoms with Gasteiger partial charge in [0.15, 0.2) is 0 Å². The summed E-state index contributed by atoms with van der Waals surface area (Å²) >= 11 is 5.77. The van der Waals surface area contributed by atoms with Crippen molar-refractivity contribution < 1.29 is 9.18 Å². The second kappa shape index (κ2) is 7.32. The minimum absolute atomic E-state index is 0.00978. The predicted octanol–water partition coefficient (Wildman–Crippen LogP) is 4.61. The number of carbonyl (C=O) groups is 1. The molecule has 0 saturated carbocycles. The Morgan fingerprint density at radius 2 is 1.93 bits per heavy atom. The molecule has 27 heavy (non-hydrogen) atoms. The molecule has 0 atom stereocenters. The lowest BCUT2D eigenvalue weighted by atomic mass is 10.0. The van der Waals surface area contributed by atoms with E-state index in [0.29, 0.717) is 23.7 Å². The molecule has 0 unspecified atom stereocenters. The van der Waals surface area contributed by atoms with Crippen LogP contribution in [-0.2, 0) is 6.42 Å². The van der Waals surface area contributed by atoms with E-state index in [-0.39, 0.29) is 10.9 Å². The van der Waals surface area contributed by atoms with Crippen LogP contribution >= 0.6 is 11.6 Å². The van der Waals surface area contributed by atoms with E-state index in [1.54, 1.807) is 4.90 Å². The molecule has 136 valence electrons. The Kier molecular flexibility index (Phi) is 4.73. The average molecular weight is 383 g/mol. The van der Waals surface area contributed by atoms with Gasteiger partial charge in [-0.3, -0.25) is 4.79 Å². The van der Waals surface area contributed by atoms with Gasteiger partial charge in [-0.1, -0.05) is 29.8 Å². The first-order valence-corrected chi connectivity index (χ1v) is 8.93. The zero-order valence-corrected chi connectivity index (χ0v) is 15.1. The largest absolute Gasteiger partial charge is 0.324 e. The summed E-state index contributed by atoms with van der Waals surface area (Å²) < 4.78 is 13.2. The standard InChI is InChI=1S/C20H16ClFN4O/c21-16-10-15(7-8-17(16)22)25-20-23-11-14(12-24-20)19(27)26-9-3-5-13-4-1-2-6-18(13)26/h1-2,4,6-8,10-12H,3,5,9H2,(H,23,24,25). The number of nitrogens with one attached hydrogen (secondary N) is 1. The van der Waals surface area contributed by atoms with Crippen LogP contribution in [0.2, 0.25) is 5.02 Å². The van der Waals surface area contributed by atoms with Gasteiger partial charge in [-0.05, 0) is 42.7 Å². The van der Waals surface area contributed by atoms with Gasteiger partial charge in [0.2, 0.25) is 5.95 Å². The van der Waals surface area contributed by atoms with Crippen molar-refractivity contribution in [1.29, 1.82) is 0 Å². The van der Waals surface area contributed by atoms with Crippen LogP contribution in [0, 0.1) is 5.82 Å². The molecule has 0 spiro atoms. The van der Waals surface area contributed by atoms with Crippen molar-refractivity contribution in [3.63, 3.8) is 0 Å². The fraction of sp³-hybridized carbons (Fsp3) is 0.150. The smallest absolute Gasteiger partial charge is 0.261 e. The predicted molar refractivity (Wildman–Crippen MR) is 103 cm³/mol. The van der Waals surface area contributed by atoms with E-state index < -0.39 is 5.82 Å². The highest BCUT2D eigenvalue weighted by molar-refractivity contribution is 6.31. The quantitative estimate of drug-likeness (QED) is 0.718.